The van der Waals surface area contributed by atoms with Gasteiger partial charge in [0.15, 0.2) is 0 Å². The average molecular weight is 246 g/mol. The maximum atomic E-state index is 12.3. The fourth-order valence-corrected chi connectivity index (χ4v) is 1.53. The Balaban J connectivity index is 2.67. The van der Waals surface area contributed by atoms with Crippen LogP contribution in [-0.2, 0) is 6.54 Å². The highest BCUT2D eigenvalue weighted by Gasteiger charge is 2.12. The number of nitrogens with two attached hydrogens (primary N) is 1. The van der Waals surface area contributed by atoms with Crippen LogP contribution >= 0.6 is 0 Å². The van der Waals surface area contributed by atoms with E-state index in [-0.39, 0.29) is 31.1 Å². The molecular formula is C11H16F2N2O2. The molecule has 17 heavy (non-hydrogen) atoms. The van der Waals surface area contributed by atoms with Crippen molar-refractivity contribution in [3.05, 3.63) is 23.8 Å². The van der Waals surface area contributed by atoms with Gasteiger partial charge in [0.1, 0.15) is 5.75 Å². The molecule has 96 valence electrons. The van der Waals surface area contributed by atoms with E-state index in [4.69, 9.17) is 10.8 Å². The van der Waals surface area contributed by atoms with Gasteiger partial charge in [0.2, 0.25) is 0 Å². The fourth-order valence-electron chi connectivity index (χ4n) is 1.53. The Labute approximate surface area is 98.3 Å². The molecule has 0 radical (unpaired) electrons. The summed E-state index contributed by atoms with van der Waals surface area (Å²) >= 11 is 0. The number of aromatic hydroxyl groups is 1. The van der Waals surface area contributed by atoms with Crippen molar-refractivity contribution in [2.75, 3.05) is 25.4 Å². The number of phenolic OH excluding ortho intramolecular Hbond substituents is 1. The quantitative estimate of drug-likeness (QED) is 0.518. The van der Waals surface area contributed by atoms with Crippen molar-refractivity contribution >= 4 is 5.69 Å². The molecule has 0 aliphatic carbocycles. The molecule has 6 heteroatoms. The zero-order valence-corrected chi connectivity index (χ0v) is 9.31. The number of anilines is 1. The molecule has 0 spiro atoms. The summed E-state index contributed by atoms with van der Waals surface area (Å²) in [4.78, 5) is 1.43. The number of rotatable bonds is 6. The van der Waals surface area contributed by atoms with Gasteiger partial charge in [0.05, 0.1) is 18.8 Å². The van der Waals surface area contributed by atoms with Crippen molar-refractivity contribution < 1.29 is 19.0 Å². The predicted molar refractivity (Wildman–Crippen MR) is 60.9 cm³/mol. The molecule has 0 amide bonds. The van der Waals surface area contributed by atoms with Gasteiger partial charge in [-0.1, -0.05) is 6.07 Å². The molecule has 0 bridgehead atoms. The summed E-state index contributed by atoms with van der Waals surface area (Å²) in [7, 11) is 0. The highest BCUT2D eigenvalue weighted by atomic mass is 19.3. The van der Waals surface area contributed by atoms with Crippen LogP contribution in [0, 0.1) is 0 Å². The molecule has 0 aromatic heterocycles. The van der Waals surface area contributed by atoms with E-state index in [1.54, 1.807) is 6.07 Å². The summed E-state index contributed by atoms with van der Waals surface area (Å²) in [6, 6.07) is 4.57. The first-order valence-corrected chi connectivity index (χ1v) is 5.21. The first-order valence-electron chi connectivity index (χ1n) is 5.21. The SMILES string of the molecule is Nc1cc(CN(CCO)CC(F)F)ccc1O. The smallest absolute Gasteiger partial charge is 0.251 e. The standard InChI is InChI=1S/C11H16F2N2O2/c12-11(13)7-15(3-4-16)6-8-1-2-10(17)9(14)5-8/h1-2,5,11,16-17H,3-4,6-7,14H2. The summed E-state index contributed by atoms with van der Waals surface area (Å²) in [5, 5.41) is 18.0. The largest absolute Gasteiger partial charge is 0.506 e. The topological polar surface area (TPSA) is 69.7 Å². The Morgan fingerprint density at radius 3 is 2.59 bits per heavy atom. The Hall–Kier alpha value is -1.40. The summed E-state index contributed by atoms with van der Waals surface area (Å²) in [5.74, 6) is -0.0312. The van der Waals surface area contributed by atoms with Crippen LogP contribution < -0.4 is 5.73 Å². The van der Waals surface area contributed by atoms with Gasteiger partial charge in [-0.3, -0.25) is 4.90 Å². The van der Waals surface area contributed by atoms with Crippen LogP contribution in [0.4, 0.5) is 14.5 Å². The van der Waals surface area contributed by atoms with Crippen molar-refractivity contribution in [2.45, 2.75) is 13.0 Å². The molecule has 1 rings (SSSR count). The van der Waals surface area contributed by atoms with Crippen LogP contribution in [0.15, 0.2) is 18.2 Å². The maximum absolute atomic E-state index is 12.3. The van der Waals surface area contributed by atoms with Crippen molar-refractivity contribution in [1.29, 1.82) is 0 Å². The van der Waals surface area contributed by atoms with Gasteiger partial charge < -0.3 is 15.9 Å². The summed E-state index contributed by atoms with van der Waals surface area (Å²) < 4.78 is 24.5. The van der Waals surface area contributed by atoms with E-state index in [1.165, 1.54) is 17.0 Å². The van der Waals surface area contributed by atoms with Crippen LogP contribution in [-0.4, -0.2) is 41.2 Å². The zero-order valence-electron chi connectivity index (χ0n) is 9.31. The molecule has 0 saturated heterocycles. The van der Waals surface area contributed by atoms with Gasteiger partial charge in [-0.25, -0.2) is 8.78 Å². The van der Waals surface area contributed by atoms with Crippen LogP contribution in [0.1, 0.15) is 5.56 Å². The highest BCUT2D eigenvalue weighted by molar-refractivity contribution is 5.53. The summed E-state index contributed by atoms with van der Waals surface area (Å²) in [6.07, 6.45) is -2.45. The number of nitrogen functional groups attached to an aromatic ring is 1. The lowest BCUT2D eigenvalue weighted by Crippen LogP contribution is -2.31. The van der Waals surface area contributed by atoms with Gasteiger partial charge in [0, 0.05) is 13.1 Å². The van der Waals surface area contributed by atoms with Gasteiger partial charge in [-0.15, -0.1) is 0 Å². The lowest BCUT2D eigenvalue weighted by atomic mass is 10.1. The summed E-state index contributed by atoms with van der Waals surface area (Å²) in [6.45, 7) is -0.151. The molecule has 0 fully saturated rings. The lowest BCUT2D eigenvalue weighted by molar-refractivity contribution is 0.0746. The number of aliphatic hydroxyl groups excluding tert-OH is 1. The molecule has 4 N–H and O–H groups in total. The van der Waals surface area contributed by atoms with Gasteiger partial charge in [-0.05, 0) is 17.7 Å². The minimum absolute atomic E-state index is 0.0312. The first-order chi connectivity index (χ1) is 8.02. The first kappa shape index (κ1) is 13.7. The number of phenols is 1. The second kappa shape index (κ2) is 6.36. The number of benzene rings is 1. The molecule has 0 saturated carbocycles. The third kappa shape index (κ3) is 4.54. The monoisotopic (exact) mass is 246 g/mol. The molecule has 4 nitrogen and oxygen atoms in total. The number of aliphatic hydroxyl groups is 1. The zero-order chi connectivity index (χ0) is 12.8. The van der Waals surface area contributed by atoms with Crippen molar-refractivity contribution in [3.8, 4) is 5.75 Å². The van der Waals surface area contributed by atoms with Gasteiger partial charge in [-0.2, -0.15) is 0 Å². The van der Waals surface area contributed by atoms with E-state index in [2.05, 4.69) is 0 Å². The van der Waals surface area contributed by atoms with Crippen molar-refractivity contribution in [1.82, 2.24) is 4.90 Å². The van der Waals surface area contributed by atoms with Crippen molar-refractivity contribution in [3.63, 3.8) is 0 Å². The van der Waals surface area contributed by atoms with Crippen molar-refractivity contribution in [2.24, 2.45) is 0 Å². The van der Waals surface area contributed by atoms with Gasteiger partial charge >= 0.3 is 0 Å². The van der Waals surface area contributed by atoms with E-state index in [0.717, 1.165) is 5.56 Å². The minimum atomic E-state index is -2.45. The fraction of sp³-hybridized carbons (Fsp3) is 0.455. The lowest BCUT2D eigenvalue weighted by Gasteiger charge is -2.21. The van der Waals surface area contributed by atoms with Crippen LogP contribution in [0.5, 0.6) is 5.75 Å². The molecular weight excluding hydrogens is 230 g/mol. The van der Waals surface area contributed by atoms with E-state index in [1.807, 2.05) is 0 Å². The van der Waals surface area contributed by atoms with E-state index >= 15 is 0 Å². The number of nitrogens with zero attached hydrogens (tertiary/aromatic N) is 1. The Morgan fingerprint density at radius 2 is 2.06 bits per heavy atom. The molecule has 0 atom stereocenters. The normalized spacial score (nSPS) is 11.4. The second-order valence-corrected chi connectivity index (χ2v) is 3.74. The Morgan fingerprint density at radius 1 is 1.35 bits per heavy atom. The second-order valence-electron chi connectivity index (χ2n) is 3.74. The molecule has 0 heterocycles. The Bertz CT molecular complexity index is 361. The van der Waals surface area contributed by atoms with Crippen LogP contribution in [0.25, 0.3) is 0 Å². The highest BCUT2D eigenvalue weighted by Crippen LogP contribution is 2.21. The average Bonchev–Trinajstić information content (AvgIpc) is 2.23. The molecule has 0 aliphatic rings. The van der Waals surface area contributed by atoms with Crippen LogP contribution in [0.3, 0.4) is 0 Å². The predicted octanol–water partition coefficient (Wildman–Crippen LogP) is 1.03. The third-order valence-corrected chi connectivity index (χ3v) is 2.31. The molecule has 1 aromatic carbocycles. The van der Waals surface area contributed by atoms with E-state index in [0.29, 0.717) is 0 Å². The number of halogens is 2. The third-order valence-electron chi connectivity index (χ3n) is 2.31. The van der Waals surface area contributed by atoms with Gasteiger partial charge in [0.25, 0.3) is 6.43 Å². The van der Waals surface area contributed by atoms with Crippen LogP contribution in [0.2, 0.25) is 0 Å². The maximum Gasteiger partial charge on any atom is 0.251 e. The van der Waals surface area contributed by atoms with E-state index in [9.17, 15) is 13.9 Å². The molecule has 0 aliphatic heterocycles. The number of hydrogen-bond donors (Lipinski definition) is 3. The van der Waals surface area contributed by atoms with E-state index < -0.39 is 13.0 Å². The Kier molecular flexibility index (Phi) is 5.11. The number of hydrogen-bond acceptors (Lipinski definition) is 4. The molecule has 0 unspecified atom stereocenters. The summed E-state index contributed by atoms with van der Waals surface area (Å²) in [5.41, 5.74) is 6.43. The minimum Gasteiger partial charge on any atom is -0.506 e. The molecule has 1 aromatic rings. The number of alkyl halides is 2.